The van der Waals surface area contributed by atoms with Crippen molar-refractivity contribution >= 4 is 27.6 Å². The number of nitrogens with zero attached hydrogens (tertiary/aromatic N) is 1. The van der Waals surface area contributed by atoms with E-state index in [1.807, 2.05) is 18.2 Å². The summed E-state index contributed by atoms with van der Waals surface area (Å²) in [7, 11) is -3.30. The number of carbonyl (C=O) groups is 1. The molecule has 2 aromatic rings. The van der Waals surface area contributed by atoms with E-state index < -0.39 is 10.0 Å². The third-order valence-electron chi connectivity index (χ3n) is 5.26. The Morgan fingerprint density at radius 2 is 1.93 bits per heavy atom. The first-order valence-corrected chi connectivity index (χ1v) is 11.3. The quantitative estimate of drug-likeness (QED) is 0.768. The molecule has 1 heterocycles. The third-order valence-corrected chi connectivity index (χ3v) is 6.57. The van der Waals surface area contributed by atoms with Crippen molar-refractivity contribution in [3.8, 4) is 11.1 Å². The Kier molecular flexibility index (Phi) is 4.83. The van der Waals surface area contributed by atoms with Crippen molar-refractivity contribution in [1.29, 1.82) is 0 Å². The Bertz CT molecular complexity index is 1070. The molecule has 28 heavy (non-hydrogen) atoms. The van der Waals surface area contributed by atoms with E-state index in [2.05, 4.69) is 17.7 Å². The van der Waals surface area contributed by atoms with Crippen LogP contribution in [0.5, 0.6) is 0 Å². The number of allylic oxidation sites excluding steroid dienone is 1. The van der Waals surface area contributed by atoms with Crippen LogP contribution in [0.2, 0.25) is 0 Å². The molecule has 2 aliphatic carbocycles. The van der Waals surface area contributed by atoms with Crippen LogP contribution < -0.4 is 4.72 Å². The molecule has 1 saturated carbocycles. The molecule has 0 aliphatic heterocycles. The molecule has 5 nitrogen and oxygen atoms in total. The molecule has 1 fully saturated rings. The maximum Gasteiger partial charge on any atom is 0.232 e. The molecule has 6 heteroatoms. The van der Waals surface area contributed by atoms with E-state index in [-0.39, 0.29) is 17.5 Å². The SMILES string of the molecule is CCS(=O)(=O)Nc1ccc(-c2cc(CC(=O)C3CC3)nc3c2C=C(C)C3)cc1. The lowest BCUT2D eigenvalue weighted by molar-refractivity contribution is -0.119. The normalized spacial score (nSPS) is 15.9. The monoisotopic (exact) mass is 396 g/mol. The van der Waals surface area contributed by atoms with E-state index in [1.54, 1.807) is 19.1 Å². The van der Waals surface area contributed by atoms with Gasteiger partial charge in [0, 0.05) is 35.7 Å². The fourth-order valence-corrected chi connectivity index (χ4v) is 4.19. The van der Waals surface area contributed by atoms with Crippen molar-refractivity contribution < 1.29 is 13.2 Å². The topological polar surface area (TPSA) is 76.1 Å². The summed E-state index contributed by atoms with van der Waals surface area (Å²) in [5.41, 5.74) is 6.78. The molecule has 0 radical (unpaired) electrons. The number of nitrogens with one attached hydrogen (secondary N) is 1. The molecule has 0 saturated heterocycles. The van der Waals surface area contributed by atoms with Crippen LogP contribution in [-0.2, 0) is 27.7 Å². The summed E-state index contributed by atoms with van der Waals surface area (Å²) < 4.78 is 26.1. The number of pyridine rings is 1. The van der Waals surface area contributed by atoms with Gasteiger partial charge in [0.2, 0.25) is 10.0 Å². The number of sulfonamides is 1. The van der Waals surface area contributed by atoms with Gasteiger partial charge in [0.1, 0.15) is 5.78 Å². The highest BCUT2D eigenvalue weighted by atomic mass is 32.2. The van der Waals surface area contributed by atoms with Gasteiger partial charge in [-0.15, -0.1) is 0 Å². The summed E-state index contributed by atoms with van der Waals surface area (Å²) in [4.78, 5) is 17.0. The largest absolute Gasteiger partial charge is 0.299 e. The number of carbonyl (C=O) groups excluding carboxylic acids is 1. The van der Waals surface area contributed by atoms with Crippen LogP contribution in [0.25, 0.3) is 17.2 Å². The Hall–Kier alpha value is -2.47. The van der Waals surface area contributed by atoms with Gasteiger partial charge < -0.3 is 0 Å². The van der Waals surface area contributed by atoms with E-state index in [0.29, 0.717) is 12.1 Å². The minimum Gasteiger partial charge on any atom is -0.299 e. The fourth-order valence-electron chi connectivity index (χ4n) is 3.55. The molecule has 1 N–H and O–H groups in total. The summed E-state index contributed by atoms with van der Waals surface area (Å²) >= 11 is 0. The van der Waals surface area contributed by atoms with Gasteiger partial charge in [0.25, 0.3) is 0 Å². The zero-order valence-corrected chi connectivity index (χ0v) is 17.0. The number of rotatable bonds is 7. The molecular weight excluding hydrogens is 372 g/mol. The maximum atomic E-state index is 12.3. The predicted octanol–water partition coefficient (Wildman–Crippen LogP) is 3.99. The Balaban J connectivity index is 1.67. The molecule has 0 amide bonds. The second-order valence-corrected chi connectivity index (χ2v) is 9.70. The summed E-state index contributed by atoms with van der Waals surface area (Å²) in [5.74, 6) is 0.546. The van der Waals surface area contributed by atoms with Gasteiger partial charge in [-0.05, 0) is 56.0 Å². The molecule has 1 aromatic carbocycles. The van der Waals surface area contributed by atoms with Gasteiger partial charge in [-0.25, -0.2) is 8.42 Å². The van der Waals surface area contributed by atoms with Crippen LogP contribution in [0.1, 0.15) is 43.6 Å². The van der Waals surface area contributed by atoms with Gasteiger partial charge in [0.15, 0.2) is 0 Å². The van der Waals surface area contributed by atoms with Crippen molar-refractivity contribution in [3.63, 3.8) is 0 Å². The smallest absolute Gasteiger partial charge is 0.232 e. The standard InChI is InChI=1S/C22H24N2O3S/c1-3-28(26,27)24-17-8-6-15(7-9-17)19-12-18(13-22(25)16-4-5-16)23-21-11-14(2)10-20(19)21/h6-10,12,16,24H,3-5,11,13H2,1-2H3. The number of anilines is 1. The molecule has 1 aromatic heterocycles. The number of benzene rings is 1. The van der Waals surface area contributed by atoms with Gasteiger partial charge in [-0.3, -0.25) is 14.5 Å². The fraction of sp³-hybridized carbons (Fsp3) is 0.364. The lowest BCUT2D eigenvalue weighted by Crippen LogP contribution is -2.14. The Morgan fingerprint density at radius 3 is 2.57 bits per heavy atom. The Morgan fingerprint density at radius 1 is 1.21 bits per heavy atom. The van der Waals surface area contributed by atoms with Crippen molar-refractivity contribution in [2.75, 3.05) is 10.5 Å². The van der Waals surface area contributed by atoms with Crippen molar-refractivity contribution in [3.05, 3.63) is 52.9 Å². The molecular formula is C22H24N2O3S. The summed E-state index contributed by atoms with van der Waals surface area (Å²) in [6.45, 7) is 3.69. The molecule has 4 rings (SSSR count). The molecule has 146 valence electrons. The average molecular weight is 397 g/mol. The molecule has 0 unspecified atom stereocenters. The van der Waals surface area contributed by atoms with E-state index in [4.69, 9.17) is 4.98 Å². The second kappa shape index (κ2) is 7.17. The van der Waals surface area contributed by atoms with Crippen molar-refractivity contribution in [2.45, 2.75) is 39.5 Å². The van der Waals surface area contributed by atoms with Crippen LogP contribution in [-0.4, -0.2) is 24.9 Å². The highest BCUT2D eigenvalue weighted by molar-refractivity contribution is 7.92. The minimum atomic E-state index is -3.30. The number of fused-ring (bicyclic) bond motifs is 1. The number of aromatic nitrogens is 1. The minimum absolute atomic E-state index is 0.0368. The maximum absolute atomic E-state index is 12.3. The van der Waals surface area contributed by atoms with E-state index in [1.165, 1.54) is 5.57 Å². The highest BCUT2D eigenvalue weighted by Crippen LogP contribution is 2.35. The Labute approximate surface area is 165 Å². The van der Waals surface area contributed by atoms with Crippen LogP contribution in [0.15, 0.2) is 35.9 Å². The first-order valence-electron chi connectivity index (χ1n) is 9.68. The lowest BCUT2D eigenvalue weighted by atomic mass is 9.97. The van der Waals surface area contributed by atoms with Crippen LogP contribution in [0.3, 0.4) is 0 Å². The molecule has 0 spiro atoms. The first kappa shape index (κ1) is 18.9. The third kappa shape index (κ3) is 4.02. The molecule has 0 bridgehead atoms. The van der Waals surface area contributed by atoms with Gasteiger partial charge in [-0.2, -0.15) is 0 Å². The predicted molar refractivity (Wildman–Crippen MR) is 112 cm³/mol. The number of ketones is 1. The highest BCUT2D eigenvalue weighted by Gasteiger charge is 2.30. The summed E-state index contributed by atoms with van der Waals surface area (Å²) in [6.07, 6.45) is 5.36. The summed E-state index contributed by atoms with van der Waals surface area (Å²) in [5, 5.41) is 0. The summed E-state index contributed by atoms with van der Waals surface area (Å²) in [6, 6.07) is 9.39. The van der Waals surface area contributed by atoms with Crippen molar-refractivity contribution in [2.24, 2.45) is 5.92 Å². The number of Topliss-reactive ketones (excluding diaryl/α,β-unsaturated/α-hetero) is 1. The molecule has 2 aliphatic rings. The number of hydrogen-bond donors (Lipinski definition) is 1. The zero-order chi connectivity index (χ0) is 19.9. The zero-order valence-electron chi connectivity index (χ0n) is 16.2. The van der Waals surface area contributed by atoms with E-state index in [0.717, 1.165) is 47.3 Å². The van der Waals surface area contributed by atoms with Gasteiger partial charge in [0.05, 0.1) is 11.4 Å². The van der Waals surface area contributed by atoms with Gasteiger partial charge >= 0.3 is 0 Å². The van der Waals surface area contributed by atoms with Gasteiger partial charge in [-0.1, -0.05) is 23.8 Å². The lowest BCUT2D eigenvalue weighted by Gasteiger charge is -2.12. The average Bonchev–Trinajstić information content (AvgIpc) is 3.43. The van der Waals surface area contributed by atoms with E-state index >= 15 is 0 Å². The van der Waals surface area contributed by atoms with Crippen LogP contribution in [0, 0.1) is 5.92 Å². The van der Waals surface area contributed by atoms with Crippen molar-refractivity contribution in [1.82, 2.24) is 4.98 Å². The first-order chi connectivity index (χ1) is 13.3. The molecule has 0 atom stereocenters. The van der Waals surface area contributed by atoms with E-state index in [9.17, 15) is 13.2 Å². The van der Waals surface area contributed by atoms with Crippen LogP contribution in [0.4, 0.5) is 5.69 Å². The van der Waals surface area contributed by atoms with Crippen LogP contribution >= 0.6 is 0 Å². The number of hydrogen-bond acceptors (Lipinski definition) is 4. The second-order valence-electron chi connectivity index (χ2n) is 7.69.